The first-order chi connectivity index (χ1) is 9.83. The molecule has 0 saturated heterocycles. The van der Waals surface area contributed by atoms with Crippen LogP contribution in [0.2, 0.25) is 0 Å². The normalized spacial score (nSPS) is 12.9. The third kappa shape index (κ3) is 2.98. The second kappa shape index (κ2) is 5.81. The topological polar surface area (TPSA) is 72.7 Å². The van der Waals surface area contributed by atoms with Gasteiger partial charge in [-0.25, -0.2) is 16.8 Å². The van der Waals surface area contributed by atoms with Crippen LogP contribution in [0.5, 0.6) is 0 Å². The van der Waals surface area contributed by atoms with Gasteiger partial charge in [0.15, 0.2) is 19.7 Å². The van der Waals surface area contributed by atoms with E-state index in [1.54, 1.807) is 42.6 Å². The number of hydrogen-bond acceptors (Lipinski definition) is 4. The Morgan fingerprint density at radius 2 is 1.57 bits per heavy atom. The average molecular weight is 329 g/mol. The van der Waals surface area contributed by atoms with Crippen LogP contribution in [0.25, 0.3) is 5.52 Å². The predicted octanol–water partition coefficient (Wildman–Crippen LogP) is 2.31. The van der Waals surface area contributed by atoms with Crippen LogP contribution in [0.15, 0.2) is 40.4 Å². The minimum Gasteiger partial charge on any atom is -0.321 e. The maximum absolute atomic E-state index is 12.5. The molecular weight excluding hydrogens is 310 g/mol. The Kier molecular flexibility index (Phi) is 4.43. The second-order valence-electron chi connectivity index (χ2n) is 4.95. The fraction of sp³-hybridized carbons (Fsp3) is 0.429. The van der Waals surface area contributed by atoms with Gasteiger partial charge in [0.2, 0.25) is 0 Å². The summed E-state index contributed by atoms with van der Waals surface area (Å²) in [5, 5.41) is 0. The fourth-order valence-electron chi connectivity index (χ4n) is 2.36. The second-order valence-corrected chi connectivity index (χ2v) is 9.08. The van der Waals surface area contributed by atoms with Gasteiger partial charge >= 0.3 is 0 Å². The predicted molar refractivity (Wildman–Crippen MR) is 82.1 cm³/mol. The molecule has 0 fully saturated rings. The summed E-state index contributed by atoms with van der Waals surface area (Å²) in [6, 6.07) is 5.07. The first-order valence-electron chi connectivity index (χ1n) is 6.88. The number of aromatic nitrogens is 1. The molecule has 0 radical (unpaired) electrons. The zero-order chi connectivity index (χ0) is 15.7. The Bertz CT molecular complexity index is 848. The SMILES string of the molecule is CCCS(=O)(=O)c1cn2ccccc2c1S(=O)(=O)CCC. The van der Waals surface area contributed by atoms with Gasteiger partial charge in [-0.1, -0.05) is 19.9 Å². The van der Waals surface area contributed by atoms with E-state index in [1.807, 2.05) is 0 Å². The first kappa shape index (κ1) is 16.0. The highest BCUT2D eigenvalue weighted by Gasteiger charge is 2.29. The van der Waals surface area contributed by atoms with Gasteiger partial charge in [0, 0.05) is 12.4 Å². The van der Waals surface area contributed by atoms with E-state index in [2.05, 4.69) is 0 Å². The summed E-state index contributed by atoms with van der Waals surface area (Å²) in [5.41, 5.74) is 0.417. The summed E-state index contributed by atoms with van der Waals surface area (Å²) in [7, 11) is -7.23. The largest absolute Gasteiger partial charge is 0.321 e. The molecule has 2 aromatic rings. The first-order valence-corrected chi connectivity index (χ1v) is 10.2. The van der Waals surface area contributed by atoms with Crippen molar-refractivity contribution in [3.63, 3.8) is 0 Å². The van der Waals surface area contributed by atoms with Crippen LogP contribution in [0, 0.1) is 0 Å². The molecule has 0 amide bonds. The van der Waals surface area contributed by atoms with Crippen molar-refractivity contribution < 1.29 is 16.8 Å². The van der Waals surface area contributed by atoms with Crippen molar-refractivity contribution in [3.8, 4) is 0 Å². The summed E-state index contributed by atoms with van der Waals surface area (Å²) >= 11 is 0. The van der Waals surface area contributed by atoms with Crippen LogP contribution in [0.3, 0.4) is 0 Å². The Morgan fingerprint density at radius 3 is 2.19 bits per heavy atom. The average Bonchev–Trinajstić information content (AvgIpc) is 2.79. The summed E-state index contributed by atoms with van der Waals surface area (Å²) in [6.07, 6.45) is 3.95. The molecule has 0 aliphatic rings. The molecule has 7 heteroatoms. The number of rotatable bonds is 6. The van der Waals surface area contributed by atoms with E-state index in [4.69, 9.17) is 0 Å². The lowest BCUT2D eigenvalue weighted by Gasteiger charge is -2.06. The van der Waals surface area contributed by atoms with Crippen molar-refractivity contribution in [1.29, 1.82) is 0 Å². The van der Waals surface area contributed by atoms with Crippen LogP contribution in [0.4, 0.5) is 0 Å². The van der Waals surface area contributed by atoms with Gasteiger partial charge in [-0.3, -0.25) is 0 Å². The molecule has 5 nitrogen and oxygen atoms in total. The Labute approximate surface area is 125 Å². The monoisotopic (exact) mass is 329 g/mol. The molecule has 0 bridgehead atoms. The van der Waals surface area contributed by atoms with E-state index in [-0.39, 0.29) is 21.3 Å². The van der Waals surface area contributed by atoms with Crippen molar-refractivity contribution in [2.24, 2.45) is 0 Å². The van der Waals surface area contributed by atoms with E-state index < -0.39 is 19.7 Å². The van der Waals surface area contributed by atoms with Crippen molar-refractivity contribution in [2.75, 3.05) is 11.5 Å². The van der Waals surface area contributed by atoms with Gasteiger partial charge in [0.05, 0.1) is 17.0 Å². The third-order valence-corrected chi connectivity index (χ3v) is 7.25. The van der Waals surface area contributed by atoms with Crippen molar-refractivity contribution in [2.45, 2.75) is 36.5 Å². The zero-order valence-electron chi connectivity index (χ0n) is 12.1. The number of sulfone groups is 2. The molecule has 0 N–H and O–H groups in total. The zero-order valence-corrected chi connectivity index (χ0v) is 13.7. The lowest BCUT2D eigenvalue weighted by Crippen LogP contribution is -2.12. The summed E-state index contributed by atoms with van der Waals surface area (Å²) < 4.78 is 51.4. The van der Waals surface area contributed by atoms with Crippen molar-refractivity contribution in [3.05, 3.63) is 30.6 Å². The highest BCUT2D eigenvalue weighted by molar-refractivity contribution is 7.94. The molecular formula is C14H19NO4S2. The minimum absolute atomic E-state index is 0.0570. The molecule has 0 aliphatic heterocycles. The third-order valence-electron chi connectivity index (χ3n) is 3.19. The van der Waals surface area contributed by atoms with E-state index in [9.17, 15) is 16.8 Å². The van der Waals surface area contributed by atoms with Gasteiger partial charge in [-0.2, -0.15) is 0 Å². The molecule has 0 unspecified atom stereocenters. The quantitative estimate of drug-likeness (QED) is 0.815. The van der Waals surface area contributed by atoms with Crippen LogP contribution >= 0.6 is 0 Å². The van der Waals surface area contributed by atoms with Crippen LogP contribution in [0.1, 0.15) is 26.7 Å². The minimum atomic E-state index is -3.63. The fourth-order valence-corrected chi connectivity index (χ4v) is 6.13. The summed E-state index contributed by atoms with van der Waals surface area (Å²) in [5.74, 6) is -0.116. The molecule has 0 atom stereocenters. The molecule has 21 heavy (non-hydrogen) atoms. The van der Waals surface area contributed by atoms with Gasteiger partial charge in [-0.15, -0.1) is 0 Å². The Morgan fingerprint density at radius 1 is 0.952 bits per heavy atom. The van der Waals surface area contributed by atoms with Crippen LogP contribution in [-0.4, -0.2) is 32.7 Å². The van der Waals surface area contributed by atoms with Crippen LogP contribution < -0.4 is 0 Å². The Hall–Kier alpha value is -1.34. The van der Waals surface area contributed by atoms with Gasteiger partial charge in [0.25, 0.3) is 0 Å². The summed E-state index contributed by atoms with van der Waals surface area (Å²) in [6.45, 7) is 3.52. The lowest BCUT2D eigenvalue weighted by atomic mass is 10.4. The van der Waals surface area contributed by atoms with E-state index in [1.165, 1.54) is 6.20 Å². The molecule has 0 spiro atoms. The van der Waals surface area contributed by atoms with Crippen molar-refractivity contribution in [1.82, 2.24) is 4.40 Å². The van der Waals surface area contributed by atoms with E-state index in [0.717, 1.165) is 0 Å². The van der Waals surface area contributed by atoms with Crippen molar-refractivity contribution >= 4 is 25.2 Å². The van der Waals surface area contributed by atoms with Gasteiger partial charge in [0.1, 0.15) is 9.79 Å². The maximum Gasteiger partial charge on any atom is 0.181 e. The number of fused-ring (bicyclic) bond motifs is 1. The smallest absolute Gasteiger partial charge is 0.181 e. The van der Waals surface area contributed by atoms with E-state index >= 15 is 0 Å². The molecule has 2 heterocycles. The maximum atomic E-state index is 12.5. The number of nitrogens with zero attached hydrogens (tertiary/aromatic N) is 1. The number of pyridine rings is 1. The molecule has 0 saturated carbocycles. The van der Waals surface area contributed by atoms with Gasteiger partial charge in [-0.05, 0) is 25.0 Å². The van der Waals surface area contributed by atoms with Crippen LogP contribution in [-0.2, 0) is 19.7 Å². The summed E-state index contributed by atoms with van der Waals surface area (Å²) in [4.78, 5) is -0.137. The number of hydrogen-bond donors (Lipinski definition) is 0. The van der Waals surface area contributed by atoms with E-state index in [0.29, 0.717) is 18.4 Å². The highest BCUT2D eigenvalue weighted by atomic mass is 32.2. The van der Waals surface area contributed by atoms with Gasteiger partial charge < -0.3 is 4.40 Å². The molecule has 116 valence electrons. The molecule has 0 aliphatic carbocycles. The molecule has 2 rings (SSSR count). The standard InChI is InChI=1S/C14H19NO4S2/c1-3-9-20(16,17)13-11-15-8-6-5-7-12(15)14(13)21(18,19)10-4-2/h5-8,11H,3-4,9-10H2,1-2H3. The Balaban J connectivity index is 2.83. The molecule has 2 aromatic heterocycles. The lowest BCUT2D eigenvalue weighted by molar-refractivity contribution is 0.583. The molecule has 0 aromatic carbocycles. The highest BCUT2D eigenvalue weighted by Crippen LogP contribution is 2.30.